The van der Waals surface area contributed by atoms with E-state index in [4.69, 9.17) is 0 Å². The Kier molecular flexibility index (Phi) is 7.44. The maximum absolute atomic E-state index is 12.8. The molecule has 0 spiro atoms. The lowest BCUT2D eigenvalue weighted by atomic mass is 10.1. The zero-order chi connectivity index (χ0) is 26.7. The van der Waals surface area contributed by atoms with Crippen LogP contribution in [0.15, 0.2) is 51.8 Å². The van der Waals surface area contributed by atoms with E-state index in [-0.39, 0.29) is 5.56 Å². The summed E-state index contributed by atoms with van der Waals surface area (Å²) in [6, 6.07) is 12.2. The third-order valence-electron chi connectivity index (χ3n) is 5.17. The number of carbonyl (C=O) groups is 2. The molecule has 186 valence electrons. The van der Waals surface area contributed by atoms with Gasteiger partial charge in [-0.25, -0.2) is 14.8 Å². The number of carboxylic acids is 1. The number of nitro benzene ring substituents is 1. The second kappa shape index (κ2) is 10.7. The maximum atomic E-state index is 12.8. The first-order chi connectivity index (χ1) is 17.7. The molecule has 0 aliphatic heterocycles. The zero-order valence-corrected chi connectivity index (χ0v) is 21.1. The number of hydrogen-bond donors (Lipinski definition) is 3. The Hall–Kier alpha value is -4.38. The van der Waals surface area contributed by atoms with Crippen molar-refractivity contribution >= 4 is 56.6 Å². The van der Waals surface area contributed by atoms with E-state index >= 15 is 0 Å². The van der Waals surface area contributed by atoms with E-state index in [2.05, 4.69) is 26.7 Å². The average molecular weight is 535 g/mol. The van der Waals surface area contributed by atoms with Crippen molar-refractivity contribution in [2.45, 2.75) is 22.8 Å². The minimum atomic E-state index is -1.45. The highest BCUT2D eigenvalue weighted by atomic mass is 32.2. The molecule has 2 heterocycles. The molecule has 4 aromatic rings. The summed E-state index contributed by atoms with van der Waals surface area (Å²) in [5.74, 6) is -2.17. The van der Waals surface area contributed by atoms with Gasteiger partial charge in [0.25, 0.3) is 11.6 Å². The first kappa shape index (κ1) is 25.7. The number of aryl methyl sites for hydroxylation is 1. The largest absolute Gasteiger partial charge is 0.478 e. The lowest BCUT2D eigenvalue weighted by Crippen LogP contribution is -2.16. The first-order valence-corrected chi connectivity index (χ1v) is 12.3. The highest BCUT2D eigenvalue weighted by Gasteiger charge is 2.21. The summed E-state index contributed by atoms with van der Waals surface area (Å²) in [7, 11) is 1.80. The number of pyridine rings is 1. The fourth-order valence-electron chi connectivity index (χ4n) is 3.56. The molecule has 0 aliphatic carbocycles. The van der Waals surface area contributed by atoms with Crippen LogP contribution < -0.4 is 10.6 Å². The highest BCUT2D eigenvalue weighted by molar-refractivity contribution is 8.01. The Balaban J connectivity index is 1.60. The fraction of sp³-hybridized carbons (Fsp3) is 0.125. The molecular formula is C24H18N6O5S2. The Morgan fingerprint density at radius 2 is 1.97 bits per heavy atom. The molecule has 0 unspecified atom stereocenters. The molecule has 2 aromatic heterocycles. The van der Waals surface area contributed by atoms with Crippen LogP contribution in [0, 0.1) is 28.4 Å². The molecule has 0 fully saturated rings. The Morgan fingerprint density at radius 3 is 2.65 bits per heavy atom. The Morgan fingerprint density at radius 1 is 1.19 bits per heavy atom. The minimum absolute atomic E-state index is 0.203. The summed E-state index contributed by atoms with van der Waals surface area (Å²) in [6.07, 6.45) is 0. The van der Waals surface area contributed by atoms with E-state index in [1.54, 1.807) is 25.2 Å². The van der Waals surface area contributed by atoms with Crippen LogP contribution in [-0.2, 0) is 6.54 Å². The molecule has 13 heteroatoms. The molecule has 0 aliphatic rings. The number of fused-ring (bicyclic) bond motifs is 1. The van der Waals surface area contributed by atoms with E-state index in [9.17, 15) is 30.1 Å². The van der Waals surface area contributed by atoms with Gasteiger partial charge in [-0.2, -0.15) is 5.26 Å². The maximum Gasteiger partial charge on any atom is 0.336 e. The van der Waals surface area contributed by atoms with Crippen LogP contribution in [0.25, 0.3) is 10.2 Å². The molecule has 37 heavy (non-hydrogen) atoms. The fourth-order valence-corrected chi connectivity index (χ4v) is 5.75. The highest BCUT2D eigenvalue weighted by Crippen LogP contribution is 2.37. The van der Waals surface area contributed by atoms with Crippen LogP contribution in [0.1, 0.15) is 37.5 Å². The number of nitrogens with one attached hydrogen (secondary N) is 2. The van der Waals surface area contributed by atoms with Gasteiger partial charge in [0, 0.05) is 30.1 Å². The van der Waals surface area contributed by atoms with Crippen molar-refractivity contribution in [3.8, 4) is 6.07 Å². The number of nitriles is 1. The molecule has 0 saturated carbocycles. The van der Waals surface area contributed by atoms with Crippen molar-refractivity contribution < 1.29 is 19.6 Å². The summed E-state index contributed by atoms with van der Waals surface area (Å²) < 4.78 is 1.41. The van der Waals surface area contributed by atoms with Gasteiger partial charge in [-0.3, -0.25) is 14.9 Å². The van der Waals surface area contributed by atoms with Crippen molar-refractivity contribution in [2.75, 3.05) is 12.4 Å². The van der Waals surface area contributed by atoms with Gasteiger partial charge in [-0.15, -0.1) is 11.3 Å². The standard InChI is InChI=1S/C24H18N6O5S2/c1-12-7-13(11-26-2)18(10-25)22(27-12)37-24-29-19-6-3-14(8-20(19)36-24)28-21(31)16-5-4-15(30(34)35)9-17(16)23(32)33/h3-9,26H,11H2,1-2H3,(H,28,31)(H,32,33). The summed E-state index contributed by atoms with van der Waals surface area (Å²) >= 11 is 2.64. The van der Waals surface area contributed by atoms with Crippen LogP contribution in [0.4, 0.5) is 11.4 Å². The predicted molar refractivity (Wildman–Crippen MR) is 138 cm³/mol. The van der Waals surface area contributed by atoms with E-state index in [0.717, 1.165) is 34.2 Å². The van der Waals surface area contributed by atoms with Crippen LogP contribution in [-0.4, -0.2) is 38.9 Å². The zero-order valence-electron chi connectivity index (χ0n) is 19.4. The van der Waals surface area contributed by atoms with Gasteiger partial charge in [0.2, 0.25) is 0 Å². The smallest absolute Gasteiger partial charge is 0.336 e. The topological polar surface area (TPSA) is 171 Å². The van der Waals surface area contributed by atoms with E-state index in [1.165, 1.54) is 23.1 Å². The SMILES string of the molecule is CNCc1cc(C)nc(Sc2nc3ccc(NC(=O)c4ccc([N+](=O)[O-])cc4C(=O)O)cc3s2)c1C#N. The van der Waals surface area contributed by atoms with E-state index < -0.39 is 28.1 Å². The van der Waals surface area contributed by atoms with Crippen molar-refractivity contribution in [1.82, 2.24) is 15.3 Å². The number of benzene rings is 2. The Bertz CT molecular complexity index is 1610. The number of aromatic carboxylic acids is 1. The number of aromatic nitrogens is 2. The van der Waals surface area contributed by atoms with Gasteiger partial charge in [0.15, 0.2) is 4.34 Å². The lowest BCUT2D eigenvalue weighted by molar-refractivity contribution is -0.384. The second-order valence-corrected chi connectivity index (χ2v) is 10.0. The molecule has 0 radical (unpaired) electrons. The van der Waals surface area contributed by atoms with E-state index in [1.807, 2.05) is 13.0 Å². The van der Waals surface area contributed by atoms with Crippen molar-refractivity contribution in [3.05, 3.63) is 80.5 Å². The van der Waals surface area contributed by atoms with Gasteiger partial charge in [-0.05, 0) is 61.6 Å². The van der Waals surface area contributed by atoms with Gasteiger partial charge in [0.05, 0.1) is 31.8 Å². The number of anilines is 1. The molecule has 0 atom stereocenters. The van der Waals surface area contributed by atoms with Gasteiger partial charge < -0.3 is 15.7 Å². The number of thiazole rings is 1. The van der Waals surface area contributed by atoms with Crippen LogP contribution >= 0.6 is 23.1 Å². The van der Waals surface area contributed by atoms with Gasteiger partial charge in [0.1, 0.15) is 11.1 Å². The minimum Gasteiger partial charge on any atom is -0.478 e. The predicted octanol–water partition coefficient (Wildman–Crippen LogP) is 4.60. The number of hydrogen-bond acceptors (Lipinski definition) is 10. The summed E-state index contributed by atoms with van der Waals surface area (Å²) in [6.45, 7) is 2.39. The monoisotopic (exact) mass is 534 g/mol. The normalized spacial score (nSPS) is 10.7. The van der Waals surface area contributed by atoms with Crippen LogP contribution in [0.3, 0.4) is 0 Å². The molecule has 0 saturated heterocycles. The first-order valence-electron chi connectivity index (χ1n) is 10.7. The van der Waals surface area contributed by atoms with Crippen LogP contribution in [0.2, 0.25) is 0 Å². The number of nitrogens with zero attached hydrogens (tertiary/aromatic N) is 4. The van der Waals surface area contributed by atoms with E-state index in [0.29, 0.717) is 32.7 Å². The lowest BCUT2D eigenvalue weighted by Gasteiger charge is -2.08. The van der Waals surface area contributed by atoms with Gasteiger partial charge in [-0.1, -0.05) is 0 Å². The van der Waals surface area contributed by atoms with Crippen molar-refractivity contribution in [3.63, 3.8) is 0 Å². The molecule has 11 nitrogen and oxygen atoms in total. The van der Waals surface area contributed by atoms with Crippen molar-refractivity contribution in [1.29, 1.82) is 5.26 Å². The van der Waals surface area contributed by atoms with Crippen LogP contribution in [0.5, 0.6) is 0 Å². The summed E-state index contributed by atoms with van der Waals surface area (Å²) in [4.78, 5) is 43.7. The second-order valence-electron chi connectivity index (χ2n) is 7.76. The molecule has 2 aromatic carbocycles. The average Bonchev–Trinajstić information content (AvgIpc) is 3.25. The third kappa shape index (κ3) is 5.56. The molecule has 0 bridgehead atoms. The molecule has 4 rings (SSSR count). The molecular weight excluding hydrogens is 516 g/mol. The Labute approximate surface area is 218 Å². The number of carboxylic acid groups (broad SMARTS) is 1. The summed E-state index contributed by atoms with van der Waals surface area (Å²) in [5, 5.41) is 36.3. The summed E-state index contributed by atoms with van der Waals surface area (Å²) in [5.41, 5.74) is 2.08. The third-order valence-corrected chi connectivity index (χ3v) is 7.24. The molecule has 1 amide bonds. The number of nitro groups is 1. The quantitative estimate of drug-likeness (QED) is 0.214. The van der Waals surface area contributed by atoms with Crippen molar-refractivity contribution in [2.24, 2.45) is 0 Å². The number of amides is 1. The number of non-ortho nitro benzene ring substituents is 1. The van der Waals surface area contributed by atoms with Gasteiger partial charge >= 0.3 is 5.97 Å². The number of carbonyl (C=O) groups excluding carboxylic acids is 1. The number of rotatable bonds is 8. The molecule has 3 N–H and O–H groups in total.